The summed E-state index contributed by atoms with van der Waals surface area (Å²) >= 11 is 6.14. The number of carbonyl (C=O) groups excluding carboxylic acids is 1. The van der Waals surface area contributed by atoms with E-state index in [1.54, 1.807) is 18.3 Å². The minimum absolute atomic E-state index is 0.421. The molecule has 0 aliphatic rings. The smallest absolute Gasteiger partial charge is 0.248 e. The van der Waals surface area contributed by atoms with Crippen molar-refractivity contribution in [3.05, 3.63) is 52.6 Å². The van der Waals surface area contributed by atoms with E-state index in [9.17, 15) is 4.79 Å². The van der Waals surface area contributed by atoms with Gasteiger partial charge in [0.1, 0.15) is 5.82 Å². The maximum Gasteiger partial charge on any atom is 0.248 e. The molecule has 0 aliphatic heterocycles. The van der Waals surface area contributed by atoms with Crippen molar-refractivity contribution in [3.8, 4) is 0 Å². The van der Waals surface area contributed by atoms with E-state index in [0.717, 1.165) is 17.8 Å². The first-order chi connectivity index (χ1) is 8.61. The highest BCUT2D eigenvalue weighted by Gasteiger charge is 2.07. The van der Waals surface area contributed by atoms with E-state index in [1.807, 2.05) is 16.8 Å². The van der Waals surface area contributed by atoms with Crippen LogP contribution < -0.4 is 5.73 Å². The Kier molecular flexibility index (Phi) is 3.67. The summed E-state index contributed by atoms with van der Waals surface area (Å²) in [6, 6.07) is 5.11. The second-order valence-electron chi connectivity index (χ2n) is 4.00. The monoisotopic (exact) mass is 263 g/mol. The summed E-state index contributed by atoms with van der Waals surface area (Å²) in [7, 11) is 0. The van der Waals surface area contributed by atoms with Gasteiger partial charge in [-0.15, -0.1) is 0 Å². The number of nitrogens with two attached hydrogens (primary N) is 1. The van der Waals surface area contributed by atoms with Crippen molar-refractivity contribution in [2.45, 2.75) is 19.9 Å². The van der Waals surface area contributed by atoms with Gasteiger partial charge >= 0.3 is 0 Å². The molecule has 94 valence electrons. The SMILES string of the molecule is CCc1nccn1Cc1ccc(C(N)=O)cc1Cl. The van der Waals surface area contributed by atoms with Gasteiger partial charge in [-0.3, -0.25) is 4.79 Å². The van der Waals surface area contributed by atoms with E-state index in [1.165, 1.54) is 0 Å². The zero-order valence-electron chi connectivity index (χ0n) is 10.1. The van der Waals surface area contributed by atoms with Gasteiger partial charge < -0.3 is 10.3 Å². The van der Waals surface area contributed by atoms with Gasteiger partial charge in [-0.1, -0.05) is 24.6 Å². The average molecular weight is 264 g/mol. The number of benzene rings is 1. The molecule has 18 heavy (non-hydrogen) atoms. The number of carbonyl (C=O) groups is 1. The molecule has 5 heteroatoms. The van der Waals surface area contributed by atoms with Crippen molar-refractivity contribution < 1.29 is 4.79 Å². The number of aromatic nitrogens is 2. The first-order valence-electron chi connectivity index (χ1n) is 5.70. The predicted octanol–water partition coefficient (Wildman–Crippen LogP) is 2.25. The van der Waals surface area contributed by atoms with Gasteiger partial charge in [0.25, 0.3) is 0 Å². The predicted molar refractivity (Wildman–Crippen MR) is 70.7 cm³/mol. The summed E-state index contributed by atoms with van der Waals surface area (Å²) in [5.74, 6) is 0.533. The van der Waals surface area contributed by atoms with Crippen molar-refractivity contribution in [2.24, 2.45) is 5.73 Å². The van der Waals surface area contributed by atoms with Crippen molar-refractivity contribution in [1.82, 2.24) is 9.55 Å². The third kappa shape index (κ3) is 2.54. The fourth-order valence-electron chi connectivity index (χ4n) is 1.81. The molecule has 0 spiro atoms. The van der Waals surface area contributed by atoms with Gasteiger partial charge in [0.15, 0.2) is 0 Å². The normalized spacial score (nSPS) is 10.6. The Morgan fingerprint density at radius 1 is 1.50 bits per heavy atom. The van der Waals surface area contributed by atoms with Crippen LogP contribution in [0.2, 0.25) is 5.02 Å². The van der Waals surface area contributed by atoms with E-state index in [2.05, 4.69) is 11.9 Å². The fraction of sp³-hybridized carbons (Fsp3) is 0.231. The van der Waals surface area contributed by atoms with E-state index in [4.69, 9.17) is 17.3 Å². The van der Waals surface area contributed by atoms with Crippen molar-refractivity contribution >= 4 is 17.5 Å². The quantitative estimate of drug-likeness (QED) is 0.920. The summed E-state index contributed by atoms with van der Waals surface area (Å²) in [5, 5.41) is 0.544. The highest BCUT2D eigenvalue weighted by Crippen LogP contribution is 2.19. The lowest BCUT2D eigenvalue weighted by atomic mass is 10.1. The molecule has 0 radical (unpaired) electrons. The van der Waals surface area contributed by atoms with Crippen LogP contribution in [0.4, 0.5) is 0 Å². The molecule has 0 fully saturated rings. The zero-order valence-corrected chi connectivity index (χ0v) is 10.8. The molecule has 0 saturated carbocycles. The lowest BCUT2D eigenvalue weighted by molar-refractivity contribution is 0.100. The zero-order chi connectivity index (χ0) is 13.1. The maximum atomic E-state index is 11.0. The van der Waals surface area contributed by atoms with Crippen LogP contribution in [0.25, 0.3) is 0 Å². The number of hydrogen-bond donors (Lipinski definition) is 1. The molecule has 2 N–H and O–H groups in total. The second-order valence-corrected chi connectivity index (χ2v) is 4.40. The van der Waals surface area contributed by atoms with Gasteiger partial charge in [-0.05, 0) is 17.7 Å². The van der Waals surface area contributed by atoms with E-state index in [0.29, 0.717) is 17.1 Å². The molecule has 4 nitrogen and oxygen atoms in total. The van der Waals surface area contributed by atoms with Crippen LogP contribution in [-0.2, 0) is 13.0 Å². The average Bonchev–Trinajstić information content (AvgIpc) is 2.78. The Morgan fingerprint density at radius 2 is 2.28 bits per heavy atom. The lowest BCUT2D eigenvalue weighted by Gasteiger charge is -2.09. The summed E-state index contributed by atoms with van der Waals surface area (Å²) in [6.07, 6.45) is 4.55. The Bertz CT molecular complexity index is 577. The molecule has 0 saturated heterocycles. The summed E-state index contributed by atoms with van der Waals surface area (Å²) in [4.78, 5) is 15.3. The standard InChI is InChI=1S/C13H14ClN3O/c1-2-12-16-5-6-17(12)8-10-4-3-9(13(15)18)7-11(10)14/h3-7H,2,8H2,1H3,(H2,15,18). The lowest BCUT2D eigenvalue weighted by Crippen LogP contribution is -2.11. The number of hydrogen-bond acceptors (Lipinski definition) is 2. The summed E-state index contributed by atoms with van der Waals surface area (Å²) < 4.78 is 2.03. The molecular weight excluding hydrogens is 250 g/mol. The maximum absolute atomic E-state index is 11.0. The molecule has 1 amide bonds. The Morgan fingerprint density at radius 3 is 2.89 bits per heavy atom. The third-order valence-corrected chi connectivity index (χ3v) is 3.15. The van der Waals surface area contributed by atoms with Gasteiger partial charge in [-0.2, -0.15) is 0 Å². The number of halogens is 1. The summed E-state index contributed by atoms with van der Waals surface area (Å²) in [5.41, 5.74) is 6.56. The molecule has 2 aromatic rings. The van der Waals surface area contributed by atoms with Crippen LogP contribution in [0, 0.1) is 0 Å². The molecule has 1 aromatic carbocycles. The van der Waals surface area contributed by atoms with Crippen LogP contribution in [0.1, 0.15) is 28.7 Å². The first kappa shape index (κ1) is 12.6. The minimum Gasteiger partial charge on any atom is -0.366 e. The second kappa shape index (κ2) is 5.23. The molecular formula is C13H14ClN3O. The van der Waals surface area contributed by atoms with E-state index in [-0.39, 0.29) is 0 Å². The molecule has 1 heterocycles. The summed E-state index contributed by atoms with van der Waals surface area (Å²) in [6.45, 7) is 2.69. The van der Waals surface area contributed by atoms with E-state index >= 15 is 0 Å². The molecule has 0 aliphatic carbocycles. The van der Waals surface area contributed by atoms with Gasteiger partial charge in [0.2, 0.25) is 5.91 Å². The molecule has 0 atom stereocenters. The largest absolute Gasteiger partial charge is 0.366 e. The number of imidazole rings is 1. The number of nitrogens with zero attached hydrogens (tertiary/aromatic N) is 2. The Labute approximate surface area is 110 Å². The minimum atomic E-state index is -0.472. The number of rotatable bonds is 4. The fourth-order valence-corrected chi connectivity index (χ4v) is 2.05. The highest BCUT2D eigenvalue weighted by atomic mass is 35.5. The first-order valence-corrected chi connectivity index (χ1v) is 6.08. The number of primary amides is 1. The van der Waals surface area contributed by atoms with Crippen LogP contribution in [0.3, 0.4) is 0 Å². The molecule has 1 aromatic heterocycles. The molecule has 0 unspecified atom stereocenters. The van der Waals surface area contributed by atoms with Crippen LogP contribution >= 0.6 is 11.6 Å². The van der Waals surface area contributed by atoms with Gasteiger partial charge in [0, 0.05) is 29.4 Å². The van der Waals surface area contributed by atoms with Crippen molar-refractivity contribution in [3.63, 3.8) is 0 Å². The molecule has 0 bridgehead atoms. The topological polar surface area (TPSA) is 60.9 Å². The van der Waals surface area contributed by atoms with Crippen molar-refractivity contribution in [1.29, 1.82) is 0 Å². The van der Waals surface area contributed by atoms with Gasteiger partial charge in [-0.25, -0.2) is 4.98 Å². The number of aryl methyl sites for hydroxylation is 1. The van der Waals surface area contributed by atoms with E-state index < -0.39 is 5.91 Å². The number of amides is 1. The Hall–Kier alpha value is -1.81. The molecule has 2 rings (SSSR count). The van der Waals surface area contributed by atoms with Gasteiger partial charge in [0.05, 0.1) is 6.54 Å². The highest BCUT2D eigenvalue weighted by molar-refractivity contribution is 6.31. The van der Waals surface area contributed by atoms with Crippen LogP contribution in [-0.4, -0.2) is 15.5 Å². The van der Waals surface area contributed by atoms with Crippen molar-refractivity contribution in [2.75, 3.05) is 0 Å². The third-order valence-electron chi connectivity index (χ3n) is 2.80. The Balaban J connectivity index is 2.27. The van der Waals surface area contributed by atoms with Crippen LogP contribution in [0.15, 0.2) is 30.6 Å². The van der Waals surface area contributed by atoms with Crippen LogP contribution in [0.5, 0.6) is 0 Å².